The van der Waals surface area contributed by atoms with Gasteiger partial charge in [-0.15, -0.1) is 0 Å². The van der Waals surface area contributed by atoms with Gasteiger partial charge < -0.3 is 5.73 Å². The summed E-state index contributed by atoms with van der Waals surface area (Å²) in [5.74, 6) is 0. The molecule has 0 bridgehead atoms. The number of benzene rings is 1. The summed E-state index contributed by atoms with van der Waals surface area (Å²) < 4.78 is 0. The third kappa shape index (κ3) is 2.32. The Kier molecular flexibility index (Phi) is 3.10. The number of nitrogens with two attached hydrogens (primary N) is 1. The van der Waals surface area contributed by atoms with E-state index in [0.717, 1.165) is 11.3 Å². The molecule has 2 heteroatoms. The number of allylic oxidation sites excluding steroid dienone is 1. The summed E-state index contributed by atoms with van der Waals surface area (Å²) in [7, 11) is -1.32. The molecular formula is C13H21NSi. The topological polar surface area (TPSA) is 26.0 Å². The van der Waals surface area contributed by atoms with Gasteiger partial charge in [-0.25, -0.2) is 0 Å². The average Bonchev–Trinajstić information content (AvgIpc) is 2.06. The quantitative estimate of drug-likeness (QED) is 0.600. The van der Waals surface area contributed by atoms with Gasteiger partial charge in [0.15, 0.2) is 0 Å². The fourth-order valence-electron chi connectivity index (χ4n) is 1.84. The Morgan fingerprint density at radius 2 is 1.80 bits per heavy atom. The highest BCUT2D eigenvalue weighted by atomic mass is 28.3. The molecule has 15 heavy (non-hydrogen) atoms. The zero-order chi connectivity index (χ0) is 11.8. The number of hydrogen-bond donors (Lipinski definition) is 1. The zero-order valence-corrected chi connectivity index (χ0v) is 11.4. The van der Waals surface area contributed by atoms with Crippen molar-refractivity contribution < 1.29 is 0 Å². The molecule has 0 aliphatic heterocycles. The minimum Gasteiger partial charge on any atom is -0.399 e. The Morgan fingerprint density at radius 3 is 2.20 bits per heavy atom. The van der Waals surface area contributed by atoms with Crippen LogP contribution in [-0.4, -0.2) is 8.07 Å². The molecule has 2 N–H and O–H groups in total. The normalized spacial score (nSPS) is 11.5. The molecule has 1 aromatic rings. The highest BCUT2D eigenvalue weighted by Crippen LogP contribution is 2.22. The van der Waals surface area contributed by atoms with Crippen LogP contribution in [-0.2, 0) is 0 Å². The molecule has 0 atom stereocenters. The van der Waals surface area contributed by atoms with Crippen molar-refractivity contribution in [1.29, 1.82) is 0 Å². The average molecular weight is 219 g/mol. The maximum absolute atomic E-state index is 6.20. The number of anilines is 1. The molecule has 0 aliphatic rings. The van der Waals surface area contributed by atoms with Crippen LogP contribution >= 0.6 is 0 Å². The van der Waals surface area contributed by atoms with Crippen LogP contribution in [0.4, 0.5) is 5.69 Å². The van der Waals surface area contributed by atoms with E-state index in [1.54, 1.807) is 0 Å². The van der Waals surface area contributed by atoms with Crippen LogP contribution in [0.3, 0.4) is 0 Å². The van der Waals surface area contributed by atoms with E-state index in [9.17, 15) is 0 Å². The highest BCUT2D eigenvalue weighted by molar-refractivity contribution is 6.89. The van der Waals surface area contributed by atoms with E-state index < -0.39 is 8.07 Å². The van der Waals surface area contributed by atoms with E-state index in [1.807, 2.05) is 6.92 Å². The Hall–Kier alpha value is -1.02. The van der Waals surface area contributed by atoms with Crippen molar-refractivity contribution >= 4 is 24.5 Å². The van der Waals surface area contributed by atoms with Crippen LogP contribution < -0.4 is 10.9 Å². The van der Waals surface area contributed by atoms with Gasteiger partial charge in [0.1, 0.15) is 0 Å². The van der Waals surface area contributed by atoms with Crippen LogP contribution in [0.25, 0.3) is 5.57 Å². The van der Waals surface area contributed by atoms with E-state index in [1.165, 1.54) is 16.3 Å². The molecule has 0 saturated heterocycles. The maximum Gasteiger partial charge on any atom is 0.0803 e. The number of nitrogen functional groups attached to an aromatic ring is 1. The van der Waals surface area contributed by atoms with Gasteiger partial charge in [-0.2, -0.15) is 0 Å². The van der Waals surface area contributed by atoms with Gasteiger partial charge in [0, 0.05) is 5.69 Å². The molecule has 0 radical (unpaired) electrons. The summed E-state index contributed by atoms with van der Waals surface area (Å²) in [6, 6.07) is 4.33. The molecule has 0 saturated carbocycles. The number of hydrogen-bond acceptors (Lipinski definition) is 1. The molecule has 0 aliphatic carbocycles. The Labute approximate surface area is 94.0 Å². The van der Waals surface area contributed by atoms with Gasteiger partial charge in [0.25, 0.3) is 0 Å². The second kappa shape index (κ2) is 3.85. The third-order valence-corrected chi connectivity index (χ3v) is 4.83. The van der Waals surface area contributed by atoms with Crippen molar-refractivity contribution in [2.75, 3.05) is 5.73 Å². The molecule has 0 amide bonds. The Morgan fingerprint density at radius 1 is 1.27 bits per heavy atom. The van der Waals surface area contributed by atoms with Crippen molar-refractivity contribution in [2.24, 2.45) is 0 Å². The minimum absolute atomic E-state index is 0.967. The van der Waals surface area contributed by atoms with Gasteiger partial charge >= 0.3 is 0 Å². The lowest BCUT2D eigenvalue weighted by Crippen LogP contribution is -2.39. The second-order valence-electron chi connectivity index (χ2n) is 5.23. The van der Waals surface area contributed by atoms with Crippen LogP contribution in [0, 0.1) is 6.92 Å². The molecule has 0 unspecified atom stereocenters. The van der Waals surface area contributed by atoms with E-state index in [0.29, 0.717) is 0 Å². The van der Waals surface area contributed by atoms with Gasteiger partial charge in [0.2, 0.25) is 0 Å². The highest BCUT2D eigenvalue weighted by Gasteiger charge is 2.20. The Bertz CT molecular complexity index is 400. The van der Waals surface area contributed by atoms with Gasteiger partial charge in [-0.1, -0.05) is 43.9 Å². The van der Waals surface area contributed by atoms with E-state index in [2.05, 4.69) is 45.3 Å². The fraction of sp³-hybridized carbons (Fsp3) is 0.385. The first kappa shape index (κ1) is 12.0. The predicted molar refractivity (Wildman–Crippen MR) is 73.3 cm³/mol. The lowest BCUT2D eigenvalue weighted by Gasteiger charge is -2.22. The van der Waals surface area contributed by atoms with Crippen molar-refractivity contribution in [3.63, 3.8) is 0 Å². The summed E-state index contributed by atoms with van der Waals surface area (Å²) in [6.07, 6.45) is 0. The van der Waals surface area contributed by atoms with Crippen LogP contribution in [0.5, 0.6) is 0 Å². The first-order valence-corrected chi connectivity index (χ1v) is 8.80. The van der Waals surface area contributed by atoms with Crippen molar-refractivity contribution in [3.05, 3.63) is 29.8 Å². The monoisotopic (exact) mass is 219 g/mol. The third-order valence-electron chi connectivity index (χ3n) is 2.78. The van der Waals surface area contributed by atoms with Crippen LogP contribution in [0.1, 0.15) is 18.1 Å². The van der Waals surface area contributed by atoms with Gasteiger partial charge in [-0.05, 0) is 30.2 Å². The van der Waals surface area contributed by atoms with Crippen LogP contribution in [0.2, 0.25) is 19.6 Å². The number of rotatable bonds is 2. The fourth-order valence-corrected chi connectivity index (χ4v) is 3.42. The van der Waals surface area contributed by atoms with E-state index in [4.69, 9.17) is 5.73 Å². The first-order valence-electron chi connectivity index (χ1n) is 5.30. The molecule has 0 heterocycles. The lowest BCUT2D eigenvalue weighted by molar-refractivity contribution is 1.42. The lowest BCUT2D eigenvalue weighted by atomic mass is 10.0. The summed E-state index contributed by atoms with van der Waals surface area (Å²) in [4.78, 5) is 0. The molecule has 0 fully saturated rings. The molecule has 1 nitrogen and oxygen atoms in total. The van der Waals surface area contributed by atoms with E-state index in [-0.39, 0.29) is 0 Å². The van der Waals surface area contributed by atoms with E-state index >= 15 is 0 Å². The molecule has 0 spiro atoms. The summed E-state index contributed by atoms with van der Waals surface area (Å²) in [6.45, 7) is 15.0. The predicted octanol–water partition coefficient (Wildman–Crippen LogP) is 3.16. The first-order chi connectivity index (χ1) is 6.75. The second-order valence-corrected chi connectivity index (χ2v) is 10.3. The maximum atomic E-state index is 6.20. The molecule has 82 valence electrons. The molecule has 1 rings (SSSR count). The largest absolute Gasteiger partial charge is 0.399 e. The minimum atomic E-state index is -1.32. The molecular weight excluding hydrogens is 198 g/mol. The molecule has 1 aromatic carbocycles. The molecule has 0 aromatic heterocycles. The van der Waals surface area contributed by atoms with Crippen LogP contribution in [0.15, 0.2) is 18.7 Å². The zero-order valence-electron chi connectivity index (χ0n) is 10.4. The van der Waals surface area contributed by atoms with Gasteiger partial charge in [-0.3, -0.25) is 0 Å². The van der Waals surface area contributed by atoms with Crippen molar-refractivity contribution in [3.8, 4) is 0 Å². The van der Waals surface area contributed by atoms with Crippen molar-refractivity contribution in [2.45, 2.75) is 33.5 Å². The van der Waals surface area contributed by atoms with Gasteiger partial charge in [0.05, 0.1) is 8.07 Å². The summed E-state index contributed by atoms with van der Waals surface area (Å²) in [5, 5.41) is 1.35. The van der Waals surface area contributed by atoms with Crippen molar-refractivity contribution in [1.82, 2.24) is 0 Å². The summed E-state index contributed by atoms with van der Waals surface area (Å²) in [5.41, 5.74) is 10.6. The smallest absolute Gasteiger partial charge is 0.0803 e. The Balaban J connectivity index is 3.41. The standard InChI is InChI=1S/C13H21NSi/c1-9(2)11-7-8-12(15(4,5)6)13(14)10(11)3/h7-8H,1,14H2,2-6H3. The SMILES string of the molecule is C=C(C)c1ccc([Si](C)(C)C)c(N)c1C. The summed E-state index contributed by atoms with van der Waals surface area (Å²) >= 11 is 0.